The van der Waals surface area contributed by atoms with Crippen molar-refractivity contribution in [3.05, 3.63) is 0 Å². The molecule has 11 heavy (non-hydrogen) atoms. The third kappa shape index (κ3) is 3.17. The molecule has 3 heteroatoms. The zero-order valence-electron chi connectivity index (χ0n) is 6.38. The molecule has 0 bridgehead atoms. The number of carbonyl (C=O) groups is 1. The van der Waals surface area contributed by atoms with Gasteiger partial charge >= 0.3 is 0 Å². The van der Waals surface area contributed by atoms with Crippen LogP contribution in [0.4, 0.5) is 0 Å². The first kappa shape index (κ1) is 8.25. The molecule has 0 unspecified atom stereocenters. The Morgan fingerprint density at radius 1 is 1.45 bits per heavy atom. The molecule has 3 nitrogen and oxygen atoms in total. The van der Waals surface area contributed by atoms with E-state index < -0.39 is 0 Å². The SMILES string of the molecule is O=CC#CCN1CCOCC1. The highest BCUT2D eigenvalue weighted by Crippen LogP contribution is 1.93. The van der Waals surface area contributed by atoms with Gasteiger partial charge in [0.25, 0.3) is 0 Å². The molecule has 0 aliphatic carbocycles. The molecular weight excluding hydrogens is 142 g/mol. The minimum Gasteiger partial charge on any atom is -0.379 e. The van der Waals surface area contributed by atoms with Crippen molar-refractivity contribution in [3.63, 3.8) is 0 Å². The Hall–Kier alpha value is -0.850. The third-order valence-electron chi connectivity index (χ3n) is 1.57. The monoisotopic (exact) mass is 153 g/mol. The molecule has 1 saturated heterocycles. The van der Waals surface area contributed by atoms with Crippen LogP contribution < -0.4 is 0 Å². The van der Waals surface area contributed by atoms with Crippen LogP contribution >= 0.6 is 0 Å². The van der Waals surface area contributed by atoms with Gasteiger partial charge in [0, 0.05) is 13.1 Å². The lowest BCUT2D eigenvalue weighted by atomic mass is 10.4. The first-order valence-electron chi connectivity index (χ1n) is 3.65. The summed E-state index contributed by atoms with van der Waals surface area (Å²) in [5.74, 6) is 5.14. The number of rotatable bonds is 1. The van der Waals surface area contributed by atoms with Gasteiger partial charge in [-0.3, -0.25) is 9.69 Å². The Morgan fingerprint density at radius 3 is 2.82 bits per heavy atom. The predicted molar refractivity (Wildman–Crippen MR) is 41.1 cm³/mol. The molecule has 0 N–H and O–H groups in total. The maximum atomic E-state index is 9.83. The molecule has 1 aliphatic rings. The molecule has 0 amide bonds. The zero-order chi connectivity index (χ0) is 7.94. The van der Waals surface area contributed by atoms with Crippen LogP contribution in [0.1, 0.15) is 0 Å². The van der Waals surface area contributed by atoms with E-state index in [0.717, 1.165) is 26.3 Å². The van der Waals surface area contributed by atoms with Crippen LogP contribution in [-0.2, 0) is 9.53 Å². The van der Waals surface area contributed by atoms with Crippen molar-refractivity contribution >= 4 is 6.29 Å². The van der Waals surface area contributed by atoms with E-state index in [1.807, 2.05) is 0 Å². The van der Waals surface area contributed by atoms with Gasteiger partial charge in [-0.25, -0.2) is 0 Å². The van der Waals surface area contributed by atoms with Crippen LogP contribution in [0.25, 0.3) is 0 Å². The van der Waals surface area contributed by atoms with Crippen molar-refractivity contribution in [2.45, 2.75) is 0 Å². The summed E-state index contributed by atoms with van der Waals surface area (Å²) in [5, 5.41) is 0. The summed E-state index contributed by atoms with van der Waals surface area (Å²) in [7, 11) is 0. The maximum absolute atomic E-state index is 9.83. The lowest BCUT2D eigenvalue weighted by Gasteiger charge is -2.24. The average molecular weight is 153 g/mol. The molecule has 0 atom stereocenters. The van der Waals surface area contributed by atoms with Gasteiger partial charge in [0.05, 0.1) is 19.8 Å². The normalized spacial score (nSPS) is 18.5. The van der Waals surface area contributed by atoms with Gasteiger partial charge in [0.15, 0.2) is 6.29 Å². The lowest BCUT2D eigenvalue weighted by Crippen LogP contribution is -2.36. The van der Waals surface area contributed by atoms with Crippen LogP contribution in [0.5, 0.6) is 0 Å². The minimum absolute atomic E-state index is 0.625. The molecule has 0 spiro atoms. The van der Waals surface area contributed by atoms with E-state index in [1.54, 1.807) is 0 Å². The van der Waals surface area contributed by atoms with Gasteiger partial charge < -0.3 is 4.74 Å². The standard InChI is InChI=1S/C8H11NO2/c10-6-2-1-3-9-4-7-11-8-5-9/h6H,3-5,7-8H2. The van der Waals surface area contributed by atoms with Crippen molar-refractivity contribution in [2.75, 3.05) is 32.8 Å². The molecule has 1 fully saturated rings. The second kappa shape index (κ2) is 4.89. The quantitative estimate of drug-likeness (QED) is 0.376. The van der Waals surface area contributed by atoms with Crippen molar-refractivity contribution in [3.8, 4) is 11.8 Å². The average Bonchev–Trinajstić information content (AvgIpc) is 2.07. The van der Waals surface area contributed by atoms with E-state index >= 15 is 0 Å². The number of aldehydes is 1. The number of nitrogens with zero attached hydrogens (tertiary/aromatic N) is 1. The molecule has 0 aromatic rings. The Bertz CT molecular complexity index is 174. The fourth-order valence-corrected chi connectivity index (χ4v) is 0.958. The molecule has 0 saturated carbocycles. The van der Waals surface area contributed by atoms with Crippen LogP contribution in [0, 0.1) is 11.8 Å². The molecule has 1 heterocycles. The largest absolute Gasteiger partial charge is 0.379 e. The molecule has 1 rings (SSSR count). The van der Waals surface area contributed by atoms with Gasteiger partial charge in [-0.1, -0.05) is 5.92 Å². The summed E-state index contributed by atoms with van der Waals surface area (Å²) in [6.45, 7) is 4.09. The number of hydrogen-bond acceptors (Lipinski definition) is 3. The van der Waals surface area contributed by atoms with E-state index in [-0.39, 0.29) is 0 Å². The smallest absolute Gasteiger partial charge is 0.192 e. The van der Waals surface area contributed by atoms with Gasteiger partial charge in [-0.05, 0) is 5.92 Å². The van der Waals surface area contributed by atoms with Gasteiger partial charge in [-0.15, -0.1) is 0 Å². The molecule has 0 aromatic heterocycles. The highest BCUT2D eigenvalue weighted by atomic mass is 16.5. The second-order valence-electron chi connectivity index (χ2n) is 2.33. The highest BCUT2D eigenvalue weighted by Gasteiger charge is 2.07. The molecular formula is C8H11NO2. The molecule has 60 valence electrons. The van der Waals surface area contributed by atoms with Gasteiger partial charge in [0.1, 0.15) is 0 Å². The highest BCUT2D eigenvalue weighted by molar-refractivity contribution is 5.72. The number of morpholine rings is 1. The first-order chi connectivity index (χ1) is 5.43. The summed E-state index contributed by atoms with van der Waals surface area (Å²) in [4.78, 5) is 12.0. The summed E-state index contributed by atoms with van der Waals surface area (Å²) in [6, 6.07) is 0. The van der Waals surface area contributed by atoms with Crippen molar-refractivity contribution in [1.29, 1.82) is 0 Å². The van der Waals surface area contributed by atoms with E-state index in [0.29, 0.717) is 12.8 Å². The fraction of sp³-hybridized carbons (Fsp3) is 0.625. The van der Waals surface area contributed by atoms with E-state index in [1.165, 1.54) is 0 Å². The van der Waals surface area contributed by atoms with E-state index in [4.69, 9.17) is 4.74 Å². The van der Waals surface area contributed by atoms with Gasteiger partial charge in [0.2, 0.25) is 0 Å². The predicted octanol–water partition coefficient (Wildman–Crippen LogP) is -0.479. The Balaban J connectivity index is 2.19. The minimum atomic E-state index is 0.625. The summed E-state index contributed by atoms with van der Waals surface area (Å²) in [6.07, 6.45) is 0.625. The Labute approximate surface area is 66.3 Å². The lowest BCUT2D eigenvalue weighted by molar-refractivity contribution is -0.103. The summed E-state index contributed by atoms with van der Waals surface area (Å²) in [5.41, 5.74) is 0. The van der Waals surface area contributed by atoms with Crippen molar-refractivity contribution in [1.82, 2.24) is 4.90 Å². The van der Waals surface area contributed by atoms with E-state index in [2.05, 4.69) is 16.7 Å². The second-order valence-corrected chi connectivity index (χ2v) is 2.33. The van der Waals surface area contributed by atoms with Crippen LogP contribution in [0.15, 0.2) is 0 Å². The molecule has 0 radical (unpaired) electrons. The Morgan fingerprint density at radius 2 is 2.18 bits per heavy atom. The van der Waals surface area contributed by atoms with E-state index in [9.17, 15) is 4.79 Å². The van der Waals surface area contributed by atoms with Gasteiger partial charge in [-0.2, -0.15) is 0 Å². The van der Waals surface area contributed by atoms with Crippen LogP contribution in [-0.4, -0.2) is 44.0 Å². The zero-order valence-corrected chi connectivity index (χ0v) is 6.38. The molecule has 1 aliphatic heterocycles. The Kier molecular flexibility index (Phi) is 3.67. The maximum Gasteiger partial charge on any atom is 0.192 e. The van der Waals surface area contributed by atoms with Crippen molar-refractivity contribution < 1.29 is 9.53 Å². The topological polar surface area (TPSA) is 29.5 Å². The number of hydrogen-bond donors (Lipinski definition) is 0. The molecule has 0 aromatic carbocycles. The summed E-state index contributed by atoms with van der Waals surface area (Å²) >= 11 is 0. The fourth-order valence-electron chi connectivity index (χ4n) is 0.958. The number of carbonyl (C=O) groups excluding carboxylic acids is 1. The third-order valence-corrected chi connectivity index (χ3v) is 1.57. The summed E-state index contributed by atoms with van der Waals surface area (Å²) < 4.78 is 5.15. The van der Waals surface area contributed by atoms with Crippen LogP contribution in [0.2, 0.25) is 0 Å². The first-order valence-corrected chi connectivity index (χ1v) is 3.65. The van der Waals surface area contributed by atoms with Crippen molar-refractivity contribution in [2.24, 2.45) is 0 Å². The van der Waals surface area contributed by atoms with Crippen LogP contribution in [0.3, 0.4) is 0 Å². The number of ether oxygens (including phenoxy) is 1.